The van der Waals surface area contributed by atoms with Crippen molar-refractivity contribution in [2.45, 2.75) is 93.3 Å². The van der Waals surface area contributed by atoms with Gasteiger partial charge in [0.15, 0.2) is 5.71 Å². The molecule has 0 aromatic heterocycles. The number of carboxylic acid groups (broad SMARTS) is 1. The van der Waals surface area contributed by atoms with Crippen molar-refractivity contribution in [1.29, 1.82) is 0 Å². The van der Waals surface area contributed by atoms with Crippen molar-refractivity contribution < 1.29 is 194 Å². The number of hydrogen-bond acceptors (Lipinski definition) is 17. The van der Waals surface area contributed by atoms with Gasteiger partial charge in [-0.2, -0.15) is 4.58 Å². The average molecular weight is 1150 g/mol. The number of allylic oxidation sites excluding steroid dienone is 7. The van der Waals surface area contributed by atoms with E-state index < -0.39 is 75.8 Å². The molecule has 0 bridgehead atoms. The van der Waals surface area contributed by atoms with Crippen LogP contribution in [0.4, 0.5) is 11.4 Å². The third kappa shape index (κ3) is 15.6. The van der Waals surface area contributed by atoms with Gasteiger partial charge in [0.2, 0.25) is 5.69 Å². The van der Waals surface area contributed by atoms with Gasteiger partial charge in [0.05, 0.1) is 56.4 Å². The summed E-state index contributed by atoms with van der Waals surface area (Å²) in [5, 5.41) is 13.6. The monoisotopic (exact) mass is 1140 g/mol. The van der Waals surface area contributed by atoms with Crippen LogP contribution in [0, 0.1) is 0 Å². The standard InChI is InChI=1S/C49H56N2O16S4.4Na/c1-48(2)41(50(24-7-9-26-69(56,57)58)38-19-13-33-27-35(70(59,60)61)17-18-37(33)45(38)48)21-15-31-11-10-12-32(47(31)65-5)16-22-42-49(3,4)46-39(51(42)23-6-8-25-67-68(54)55)20-14-34-28-36(71(62,63)64)29-40(44(34)46)66-30-43(52)53;;;;/h13-22,27-29H,6-12,23-26,30H2,1-5H3,(H4-,52,53,54,55,56,57,58,59,60,61,62,63,64);;;;/q;4*+1/p-4. The molecule has 3 aliphatic rings. The number of carbonyl (C=O) groups excluding carboxylic acids is 1. The molecule has 0 saturated heterocycles. The minimum Gasteiger partial charge on any atom is -0.750 e. The largest absolute Gasteiger partial charge is 1.00 e. The Morgan fingerprint density at radius 3 is 2.08 bits per heavy atom. The van der Waals surface area contributed by atoms with Gasteiger partial charge in [-0.3, -0.25) is 0 Å². The third-order valence-electron chi connectivity index (χ3n) is 13.2. The van der Waals surface area contributed by atoms with Crippen LogP contribution in [0.25, 0.3) is 21.5 Å². The number of anilines is 1. The Bertz CT molecular complexity index is 3380. The van der Waals surface area contributed by atoms with Gasteiger partial charge in [-0.15, -0.1) is 0 Å². The van der Waals surface area contributed by atoms with Crippen LogP contribution in [0.3, 0.4) is 0 Å². The maximum Gasteiger partial charge on any atom is 1.00 e. The molecule has 0 saturated carbocycles. The van der Waals surface area contributed by atoms with Crippen molar-refractivity contribution in [2.24, 2.45) is 0 Å². The van der Waals surface area contributed by atoms with E-state index >= 15 is 0 Å². The zero-order chi connectivity index (χ0) is 51.8. The number of carboxylic acids is 1. The summed E-state index contributed by atoms with van der Waals surface area (Å²) in [6.45, 7) is 7.70. The van der Waals surface area contributed by atoms with E-state index in [9.17, 15) is 57.6 Å². The van der Waals surface area contributed by atoms with Crippen molar-refractivity contribution in [3.05, 3.63) is 113 Å². The molecule has 1 aliphatic carbocycles. The van der Waals surface area contributed by atoms with E-state index in [-0.39, 0.29) is 142 Å². The molecule has 4 aromatic rings. The predicted molar refractivity (Wildman–Crippen MR) is 259 cm³/mol. The van der Waals surface area contributed by atoms with E-state index in [4.69, 9.17) is 13.7 Å². The molecule has 26 heteroatoms. The van der Waals surface area contributed by atoms with Crippen LogP contribution in [-0.4, -0.2) is 103 Å². The van der Waals surface area contributed by atoms with Gasteiger partial charge in [0.25, 0.3) is 0 Å². The number of benzene rings is 4. The molecule has 2 heterocycles. The van der Waals surface area contributed by atoms with Crippen molar-refractivity contribution >= 4 is 86.3 Å². The quantitative estimate of drug-likeness (QED) is 0.0261. The first-order valence-corrected chi connectivity index (χ1v) is 28.0. The first kappa shape index (κ1) is 68.0. The second kappa shape index (κ2) is 27.4. The number of unbranched alkanes of at least 4 members (excludes halogenated alkanes) is 2. The number of fused-ring (bicyclic) bond motifs is 6. The Hall–Kier alpha value is -1.30. The van der Waals surface area contributed by atoms with Gasteiger partial charge in [-0.1, -0.05) is 32.1 Å². The van der Waals surface area contributed by atoms with Crippen LogP contribution in [0.5, 0.6) is 5.75 Å². The molecule has 0 spiro atoms. The summed E-state index contributed by atoms with van der Waals surface area (Å²) in [5.74, 6) is -1.59. The Balaban J connectivity index is 0.00000371. The molecule has 1 atom stereocenters. The molecule has 382 valence electrons. The van der Waals surface area contributed by atoms with E-state index in [0.29, 0.717) is 78.4 Å². The van der Waals surface area contributed by atoms with Crippen LogP contribution >= 0.6 is 0 Å². The van der Waals surface area contributed by atoms with Crippen LogP contribution in [0.15, 0.2) is 111 Å². The first-order chi connectivity index (χ1) is 33.2. The Kier molecular flexibility index (Phi) is 24.9. The Morgan fingerprint density at radius 2 is 1.45 bits per heavy atom. The van der Waals surface area contributed by atoms with Gasteiger partial charge in [0, 0.05) is 58.6 Å². The minimum atomic E-state index is -4.99. The smallest absolute Gasteiger partial charge is 0.750 e. The molecule has 4 aromatic carbocycles. The van der Waals surface area contributed by atoms with Crippen molar-refractivity contribution in [3.8, 4) is 5.75 Å². The van der Waals surface area contributed by atoms with Crippen molar-refractivity contribution in [2.75, 3.05) is 44.1 Å². The average Bonchev–Trinajstić information content (AvgIpc) is 3.64. The van der Waals surface area contributed by atoms with Crippen LogP contribution in [0.1, 0.15) is 83.8 Å². The van der Waals surface area contributed by atoms with Crippen molar-refractivity contribution in [3.63, 3.8) is 0 Å². The van der Waals surface area contributed by atoms with Crippen molar-refractivity contribution in [1.82, 2.24) is 0 Å². The van der Waals surface area contributed by atoms with Gasteiger partial charge >= 0.3 is 118 Å². The molecule has 18 nitrogen and oxygen atoms in total. The number of aliphatic carboxylic acids is 1. The van der Waals surface area contributed by atoms with Crippen LogP contribution in [0.2, 0.25) is 0 Å². The Labute approximate surface area is 529 Å². The number of nitrogens with zero attached hydrogens (tertiary/aromatic N) is 2. The van der Waals surface area contributed by atoms with Crippen LogP contribution in [-0.2, 0) is 66.3 Å². The fourth-order valence-electron chi connectivity index (χ4n) is 10.1. The second-order valence-electron chi connectivity index (χ2n) is 18.5. The number of rotatable bonds is 20. The van der Waals surface area contributed by atoms with E-state index in [1.807, 2.05) is 63.0 Å². The summed E-state index contributed by atoms with van der Waals surface area (Å²) in [6.07, 6.45) is 11.3. The van der Waals surface area contributed by atoms with Gasteiger partial charge in [-0.25, -0.2) is 29.5 Å². The van der Waals surface area contributed by atoms with Gasteiger partial charge in [-0.05, 0) is 134 Å². The topological polar surface area (TPSA) is 286 Å². The predicted octanol–water partition coefficient (Wildman–Crippen LogP) is -6.51. The number of ether oxygens (including phenoxy) is 2. The Morgan fingerprint density at radius 1 is 0.787 bits per heavy atom. The SMILES string of the molecule is COC1=C(/C=C/C2=[N+](CCCCS(=O)(=O)[O-])c3ccc4cc(S(=O)(=O)[O-])ccc4c3C2(C)C)CCC/C1=C\C=C1\N(CCCCOS(=O)[O-])c2ccc3cc(S(=O)(=O)[O-])cc(OCC(=O)[O-])c3c2C1(C)C.[Na+].[Na+].[Na+].[Na+]. The second-order valence-corrected chi connectivity index (χ2v) is 23.4. The molecule has 0 radical (unpaired) electrons. The number of carbonyl (C=O) groups is 1. The zero-order valence-corrected chi connectivity index (χ0v) is 54.8. The minimum absolute atomic E-state index is 0. The van der Waals surface area contributed by atoms with Crippen LogP contribution < -0.4 is 133 Å². The summed E-state index contributed by atoms with van der Waals surface area (Å²) in [5.41, 5.74) is 4.81. The zero-order valence-electron chi connectivity index (χ0n) is 43.6. The molecular formula is C49H52N2Na4O16S4. The maximum atomic E-state index is 12.2. The molecule has 0 N–H and O–H groups in total. The third-order valence-corrected chi connectivity index (χ3v) is 16.0. The summed E-state index contributed by atoms with van der Waals surface area (Å²) in [7, 11) is -12.6. The van der Waals surface area contributed by atoms with Gasteiger partial charge in [0.1, 0.15) is 44.9 Å². The first-order valence-electron chi connectivity index (χ1n) is 22.6. The summed E-state index contributed by atoms with van der Waals surface area (Å²) in [4.78, 5) is 12.7. The molecular weight excluding hydrogens is 1090 g/mol. The van der Waals surface area contributed by atoms with E-state index in [0.717, 1.165) is 51.7 Å². The molecule has 0 amide bonds. The molecule has 7 rings (SSSR count). The van der Waals surface area contributed by atoms with Gasteiger partial charge < -0.3 is 46.7 Å². The number of hydrogen-bond donors (Lipinski definition) is 0. The molecule has 1 unspecified atom stereocenters. The summed E-state index contributed by atoms with van der Waals surface area (Å²) >= 11 is -2.69. The van der Waals surface area contributed by atoms with E-state index in [1.54, 1.807) is 31.4 Å². The maximum absolute atomic E-state index is 12.2. The fourth-order valence-corrected chi connectivity index (χ4v) is 12.0. The van der Waals surface area contributed by atoms with E-state index in [2.05, 4.69) is 4.58 Å². The molecule has 75 heavy (non-hydrogen) atoms. The molecule has 2 aliphatic heterocycles. The van der Waals surface area contributed by atoms with E-state index in [1.165, 1.54) is 18.2 Å². The normalized spacial score (nSPS) is 17.6. The number of methoxy groups -OCH3 is 1. The summed E-state index contributed by atoms with van der Waals surface area (Å²) in [6, 6.07) is 13.5. The fraction of sp³-hybridized carbons (Fsp3) is 0.388. The molecule has 0 fully saturated rings. The summed E-state index contributed by atoms with van der Waals surface area (Å²) < 4.78 is 148.